The molecule has 0 aliphatic carbocycles. The van der Waals surface area contributed by atoms with Crippen LogP contribution < -0.4 is 15.9 Å². The van der Waals surface area contributed by atoms with E-state index in [1.54, 1.807) is 30.5 Å². The summed E-state index contributed by atoms with van der Waals surface area (Å²) in [6.07, 6.45) is 5.05. The number of phenolic OH excluding ortho intramolecular Hbond substituents is 1. The van der Waals surface area contributed by atoms with E-state index in [4.69, 9.17) is 0 Å². The van der Waals surface area contributed by atoms with Gasteiger partial charge < -0.3 is 10.0 Å². The molecule has 28 heavy (non-hydrogen) atoms. The third-order valence-corrected chi connectivity index (χ3v) is 4.66. The predicted molar refractivity (Wildman–Crippen MR) is 106 cm³/mol. The quantitative estimate of drug-likeness (QED) is 0.533. The van der Waals surface area contributed by atoms with Crippen molar-refractivity contribution in [1.82, 2.24) is 14.8 Å². The zero-order valence-corrected chi connectivity index (χ0v) is 15.1. The molecule has 142 valence electrons. The van der Waals surface area contributed by atoms with Gasteiger partial charge in [-0.25, -0.2) is 10.4 Å². The highest BCUT2D eigenvalue weighted by Crippen LogP contribution is 2.20. The van der Waals surface area contributed by atoms with Gasteiger partial charge >= 0.3 is 0 Å². The number of carbonyl (C=O) groups is 1. The van der Waals surface area contributed by atoms with Crippen molar-refractivity contribution in [3.05, 3.63) is 70.1 Å². The van der Waals surface area contributed by atoms with Gasteiger partial charge in [-0.15, -0.1) is 0 Å². The highest BCUT2D eigenvalue weighted by Gasteiger charge is 2.20. The molecule has 1 aliphatic heterocycles. The number of nitrogens with zero attached hydrogens (tertiary/aromatic N) is 4. The Morgan fingerprint density at radius 1 is 1.14 bits per heavy atom. The second kappa shape index (κ2) is 7.51. The maximum absolute atomic E-state index is 13.0. The Morgan fingerprint density at radius 3 is 2.68 bits per heavy atom. The summed E-state index contributed by atoms with van der Waals surface area (Å²) in [5.41, 5.74) is 3.07. The van der Waals surface area contributed by atoms with Crippen LogP contribution in [0.5, 0.6) is 5.75 Å². The van der Waals surface area contributed by atoms with E-state index in [-0.39, 0.29) is 16.9 Å². The summed E-state index contributed by atoms with van der Waals surface area (Å²) in [5, 5.41) is 13.7. The topological polar surface area (TPSA) is 99.3 Å². The molecule has 2 N–H and O–H groups in total. The monoisotopic (exact) mass is 377 g/mol. The predicted octanol–water partition coefficient (Wildman–Crippen LogP) is 1.76. The third kappa shape index (κ3) is 3.32. The van der Waals surface area contributed by atoms with Crippen LogP contribution in [0.25, 0.3) is 5.65 Å². The number of carbonyl (C=O) groups excluding carboxylic acids is 1. The fourth-order valence-electron chi connectivity index (χ4n) is 3.26. The molecule has 8 heteroatoms. The average molecular weight is 377 g/mol. The Balaban J connectivity index is 1.69. The van der Waals surface area contributed by atoms with E-state index in [2.05, 4.69) is 20.4 Å². The smallest absolute Gasteiger partial charge is 0.275 e. The van der Waals surface area contributed by atoms with Crippen LogP contribution in [0.15, 0.2) is 58.6 Å². The molecule has 0 radical (unpaired) electrons. The summed E-state index contributed by atoms with van der Waals surface area (Å²) in [5.74, 6) is -0.138. The van der Waals surface area contributed by atoms with E-state index < -0.39 is 5.91 Å². The van der Waals surface area contributed by atoms with E-state index in [0.717, 1.165) is 25.9 Å². The summed E-state index contributed by atoms with van der Waals surface area (Å²) in [7, 11) is 0. The van der Waals surface area contributed by atoms with Crippen LogP contribution in [0, 0.1) is 0 Å². The molecular formula is C20H19N5O3. The van der Waals surface area contributed by atoms with Crippen molar-refractivity contribution in [2.24, 2.45) is 5.10 Å². The van der Waals surface area contributed by atoms with Crippen LogP contribution in [0.4, 0.5) is 5.82 Å². The zero-order valence-electron chi connectivity index (χ0n) is 15.1. The van der Waals surface area contributed by atoms with Crippen LogP contribution in [0.2, 0.25) is 0 Å². The Hall–Kier alpha value is -3.68. The molecule has 1 amide bonds. The molecule has 1 aliphatic rings. The number of anilines is 1. The minimum atomic E-state index is -0.564. The Bertz CT molecular complexity index is 1120. The Labute approximate surface area is 160 Å². The van der Waals surface area contributed by atoms with Crippen LogP contribution >= 0.6 is 0 Å². The highest BCUT2D eigenvalue weighted by molar-refractivity contribution is 5.97. The van der Waals surface area contributed by atoms with E-state index in [9.17, 15) is 14.7 Å². The molecule has 0 unspecified atom stereocenters. The summed E-state index contributed by atoms with van der Waals surface area (Å²) in [4.78, 5) is 31.8. The fraction of sp³-hybridized carbons (Fsp3) is 0.200. The molecule has 0 atom stereocenters. The van der Waals surface area contributed by atoms with E-state index in [1.807, 2.05) is 6.07 Å². The number of para-hydroxylation sites is 1. The minimum Gasteiger partial charge on any atom is -0.507 e. The highest BCUT2D eigenvalue weighted by atomic mass is 16.3. The van der Waals surface area contributed by atoms with Crippen molar-refractivity contribution in [3.63, 3.8) is 0 Å². The van der Waals surface area contributed by atoms with Crippen molar-refractivity contribution in [2.45, 2.75) is 12.8 Å². The van der Waals surface area contributed by atoms with Gasteiger partial charge in [-0.1, -0.05) is 18.2 Å². The Morgan fingerprint density at radius 2 is 1.89 bits per heavy atom. The summed E-state index contributed by atoms with van der Waals surface area (Å²) < 4.78 is 1.45. The molecule has 8 nitrogen and oxygen atoms in total. The van der Waals surface area contributed by atoms with Crippen molar-refractivity contribution >= 4 is 23.6 Å². The number of benzene rings is 1. The molecular weight excluding hydrogens is 358 g/mol. The van der Waals surface area contributed by atoms with Gasteiger partial charge in [-0.2, -0.15) is 5.10 Å². The molecule has 1 saturated heterocycles. The first-order chi connectivity index (χ1) is 13.6. The number of amides is 1. The summed E-state index contributed by atoms with van der Waals surface area (Å²) >= 11 is 0. The number of hydrogen-bond donors (Lipinski definition) is 2. The number of aromatic nitrogens is 2. The van der Waals surface area contributed by atoms with Crippen LogP contribution in [0.3, 0.4) is 0 Å². The number of pyridine rings is 1. The SMILES string of the molecule is O=C(N/N=C/c1c(N2CCCC2)nc2ccccn2c1=O)c1ccccc1O. The number of rotatable bonds is 4. The van der Waals surface area contributed by atoms with E-state index >= 15 is 0 Å². The maximum atomic E-state index is 13.0. The summed E-state index contributed by atoms with van der Waals surface area (Å²) in [6, 6.07) is 11.5. The zero-order chi connectivity index (χ0) is 19.5. The van der Waals surface area contributed by atoms with Gasteiger partial charge in [0, 0.05) is 19.3 Å². The lowest BCUT2D eigenvalue weighted by Gasteiger charge is -2.18. The van der Waals surface area contributed by atoms with Gasteiger partial charge in [0.2, 0.25) is 0 Å². The third-order valence-electron chi connectivity index (χ3n) is 4.66. The molecule has 2 aromatic heterocycles. The first kappa shape index (κ1) is 17.7. The molecule has 3 aromatic rings. The fourth-order valence-corrected chi connectivity index (χ4v) is 3.26. The Kier molecular flexibility index (Phi) is 4.76. The standard InChI is InChI=1S/C20H19N5O3/c26-16-8-2-1-7-14(16)19(27)23-21-13-15-18(24-10-5-6-11-24)22-17-9-3-4-12-25(17)20(15)28/h1-4,7-9,12-13,26H,5-6,10-11H2,(H,23,27)/b21-13+. The normalized spacial score (nSPS) is 14.1. The second-order valence-electron chi connectivity index (χ2n) is 6.49. The van der Waals surface area contributed by atoms with Crippen LogP contribution in [0.1, 0.15) is 28.8 Å². The van der Waals surface area contributed by atoms with Gasteiger partial charge in [0.25, 0.3) is 11.5 Å². The van der Waals surface area contributed by atoms with E-state index in [0.29, 0.717) is 17.0 Å². The van der Waals surface area contributed by atoms with Crippen molar-refractivity contribution in [3.8, 4) is 5.75 Å². The molecule has 0 bridgehead atoms. The summed E-state index contributed by atoms with van der Waals surface area (Å²) in [6.45, 7) is 1.64. The second-order valence-corrected chi connectivity index (χ2v) is 6.49. The van der Waals surface area contributed by atoms with Gasteiger partial charge in [0.05, 0.1) is 11.8 Å². The number of aromatic hydroxyl groups is 1. The van der Waals surface area contributed by atoms with Gasteiger partial charge in [0.1, 0.15) is 22.8 Å². The average Bonchev–Trinajstić information content (AvgIpc) is 3.24. The maximum Gasteiger partial charge on any atom is 0.275 e. The van der Waals surface area contributed by atoms with Crippen molar-refractivity contribution < 1.29 is 9.90 Å². The van der Waals surface area contributed by atoms with Crippen molar-refractivity contribution in [2.75, 3.05) is 18.0 Å². The molecule has 4 rings (SSSR count). The van der Waals surface area contributed by atoms with Gasteiger partial charge in [-0.05, 0) is 37.1 Å². The number of hydrogen-bond acceptors (Lipinski definition) is 6. The van der Waals surface area contributed by atoms with Gasteiger partial charge in [0.15, 0.2) is 0 Å². The van der Waals surface area contributed by atoms with Gasteiger partial charge in [-0.3, -0.25) is 14.0 Å². The number of nitrogens with one attached hydrogen (secondary N) is 1. The molecule has 3 heterocycles. The van der Waals surface area contributed by atoms with E-state index in [1.165, 1.54) is 22.7 Å². The van der Waals surface area contributed by atoms with Crippen LogP contribution in [-0.4, -0.2) is 39.7 Å². The number of fused-ring (bicyclic) bond motifs is 1. The molecule has 1 aromatic carbocycles. The first-order valence-electron chi connectivity index (χ1n) is 9.03. The number of hydrazone groups is 1. The lowest BCUT2D eigenvalue weighted by atomic mass is 10.2. The largest absolute Gasteiger partial charge is 0.507 e. The minimum absolute atomic E-state index is 0.104. The number of phenols is 1. The van der Waals surface area contributed by atoms with Crippen LogP contribution in [-0.2, 0) is 0 Å². The lowest BCUT2D eigenvalue weighted by Crippen LogP contribution is -2.28. The van der Waals surface area contributed by atoms with Crippen molar-refractivity contribution in [1.29, 1.82) is 0 Å². The first-order valence-corrected chi connectivity index (χ1v) is 9.03. The lowest BCUT2D eigenvalue weighted by molar-refractivity contribution is 0.0952. The molecule has 0 saturated carbocycles. The molecule has 0 spiro atoms. The molecule has 1 fully saturated rings.